The Morgan fingerprint density at radius 3 is 2.47 bits per heavy atom. The summed E-state index contributed by atoms with van der Waals surface area (Å²) in [5.41, 5.74) is 2.64. The summed E-state index contributed by atoms with van der Waals surface area (Å²) in [6.45, 7) is 6.37. The summed E-state index contributed by atoms with van der Waals surface area (Å²) in [7, 11) is -1.41. The van der Waals surface area contributed by atoms with E-state index in [0.717, 1.165) is 40.6 Å². The van der Waals surface area contributed by atoms with Crippen molar-refractivity contribution in [2.75, 3.05) is 30.1 Å². The number of likely N-dealkylation sites (tertiary alicyclic amines) is 1. The van der Waals surface area contributed by atoms with Gasteiger partial charge in [0, 0.05) is 34.6 Å². The summed E-state index contributed by atoms with van der Waals surface area (Å²) < 4.78 is 12.5. The quantitative estimate of drug-likeness (QED) is 0.221. The van der Waals surface area contributed by atoms with Crippen LogP contribution in [0.2, 0.25) is 18.6 Å². The van der Waals surface area contributed by atoms with Crippen molar-refractivity contribution in [2.24, 2.45) is 5.92 Å². The van der Waals surface area contributed by atoms with Gasteiger partial charge in [-0.3, -0.25) is 19.3 Å². The first-order valence-electron chi connectivity index (χ1n) is 17.7. The maximum atomic E-state index is 14.9. The molecular formula is C40H43N3O7Si. The molecule has 0 saturated carbocycles. The van der Waals surface area contributed by atoms with Crippen molar-refractivity contribution in [1.29, 1.82) is 0 Å². The second-order valence-corrected chi connectivity index (χ2v) is 18.9. The van der Waals surface area contributed by atoms with Crippen molar-refractivity contribution in [1.82, 2.24) is 4.90 Å². The Labute approximate surface area is 298 Å². The minimum absolute atomic E-state index is 0.0189. The van der Waals surface area contributed by atoms with Crippen LogP contribution in [0.15, 0.2) is 78.9 Å². The first-order valence-corrected chi connectivity index (χ1v) is 20.8. The van der Waals surface area contributed by atoms with Gasteiger partial charge in [0.2, 0.25) is 5.91 Å². The zero-order chi connectivity index (χ0) is 35.8. The molecule has 0 radical (unpaired) electrons. The van der Waals surface area contributed by atoms with Crippen molar-refractivity contribution in [3.63, 3.8) is 0 Å². The lowest BCUT2D eigenvalue weighted by molar-refractivity contribution is -0.150. The fraction of sp³-hybridized carbons (Fsp3) is 0.375. The van der Waals surface area contributed by atoms with Crippen LogP contribution in [0.1, 0.15) is 47.7 Å². The van der Waals surface area contributed by atoms with Crippen molar-refractivity contribution < 1.29 is 33.8 Å². The molecule has 1 spiro atoms. The molecule has 8 rings (SSSR count). The average molecular weight is 706 g/mol. The first kappa shape index (κ1) is 33.6. The monoisotopic (exact) mass is 705 g/mol. The zero-order valence-corrected chi connectivity index (χ0v) is 30.3. The third-order valence-electron chi connectivity index (χ3n) is 11.6. The molecule has 2 fully saturated rings. The van der Waals surface area contributed by atoms with Gasteiger partial charge in [0.05, 0.1) is 55.8 Å². The van der Waals surface area contributed by atoms with E-state index in [2.05, 4.69) is 0 Å². The Bertz CT molecular complexity index is 2060. The number of fused-ring (bicyclic) bond motifs is 2. The van der Waals surface area contributed by atoms with Gasteiger partial charge in [-0.1, -0.05) is 43.3 Å². The third kappa shape index (κ3) is 5.12. The number of nitrogens with zero attached hydrogens (tertiary/aromatic N) is 3. The molecule has 10 nitrogen and oxygen atoms in total. The van der Waals surface area contributed by atoms with E-state index in [0.29, 0.717) is 29.1 Å². The molecule has 0 unspecified atom stereocenters. The Morgan fingerprint density at radius 1 is 1.02 bits per heavy atom. The number of aliphatic hydroxyl groups excluding tert-OH is 1. The zero-order valence-electron chi connectivity index (χ0n) is 29.3. The molecule has 4 aromatic carbocycles. The number of aliphatic hydroxyl groups is 1. The molecule has 2 N–H and O–H groups in total. The molecule has 4 aromatic rings. The van der Waals surface area contributed by atoms with Crippen LogP contribution in [0.3, 0.4) is 0 Å². The van der Waals surface area contributed by atoms with Gasteiger partial charge in [-0.15, -0.1) is 0 Å². The number of carbonyl (C=O) groups excluding carboxylic acids is 3. The molecule has 0 bridgehead atoms. The maximum absolute atomic E-state index is 14.9. The third-order valence-corrected chi connectivity index (χ3v) is 14.1. The highest BCUT2D eigenvalue weighted by atomic mass is 28.4. The van der Waals surface area contributed by atoms with Crippen LogP contribution in [-0.2, 0) is 26.5 Å². The molecule has 4 heterocycles. The van der Waals surface area contributed by atoms with Crippen molar-refractivity contribution >= 4 is 53.9 Å². The summed E-state index contributed by atoms with van der Waals surface area (Å²) in [5.74, 6) is -0.310. The summed E-state index contributed by atoms with van der Waals surface area (Å²) in [6, 6.07) is 24.7. The maximum Gasteiger partial charge on any atom is 0.264 e. The minimum Gasteiger partial charge on any atom is -0.497 e. The Kier molecular flexibility index (Phi) is 8.10. The number of carbonyl (C=O) groups is 3. The van der Waals surface area contributed by atoms with Crippen LogP contribution in [-0.4, -0.2) is 73.2 Å². The molecule has 3 amide bonds. The van der Waals surface area contributed by atoms with E-state index in [-0.39, 0.29) is 43.3 Å². The highest BCUT2D eigenvalue weighted by molar-refractivity contribution is 6.71. The van der Waals surface area contributed by atoms with Gasteiger partial charge in [0.15, 0.2) is 13.9 Å². The van der Waals surface area contributed by atoms with E-state index < -0.39 is 31.5 Å². The molecule has 5 atom stereocenters. The van der Waals surface area contributed by atoms with Gasteiger partial charge < -0.3 is 29.2 Å². The number of hydrogen-bond acceptors (Lipinski definition) is 7. The summed E-state index contributed by atoms with van der Waals surface area (Å²) in [4.78, 5) is 59.0. The van der Waals surface area contributed by atoms with Crippen LogP contribution in [0.4, 0.5) is 17.1 Å². The minimum atomic E-state index is -2.99. The number of methoxy groups -OCH3 is 1. The second kappa shape index (κ2) is 12.3. The Morgan fingerprint density at radius 2 is 1.76 bits per heavy atom. The number of benzene rings is 4. The molecule has 51 heavy (non-hydrogen) atoms. The molecule has 4 aliphatic heterocycles. The second-order valence-electron chi connectivity index (χ2n) is 14.9. The predicted octanol–water partition coefficient (Wildman–Crippen LogP) is 5.86. The highest BCUT2D eigenvalue weighted by Gasteiger charge is 2.66. The highest BCUT2D eigenvalue weighted by Crippen LogP contribution is 2.60. The van der Waals surface area contributed by atoms with Crippen LogP contribution in [0, 0.1) is 5.92 Å². The van der Waals surface area contributed by atoms with Gasteiger partial charge in [-0.25, -0.2) is 0 Å². The lowest BCUT2D eigenvalue weighted by atomic mass is 9.82. The van der Waals surface area contributed by atoms with Gasteiger partial charge in [-0.05, 0) is 79.3 Å². The molecule has 2 saturated heterocycles. The molecule has 11 heteroatoms. The normalized spacial score (nSPS) is 25.5. The lowest BCUT2D eigenvalue weighted by Crippen LogP contribution is -2.46. The number of anilines is 3. The van der Waals surface area contributed by atoms with E-state index in [1.54, 1.807) is 21.8 Å². The largest absolute Gasteiger partial charge is 0.497 e. The van der Waals surface area contributed by atoms with Crippen LogP contribution < -0.4 is 14.5 Å². The molecule has 0 aromatic heterocycles. The molecule has 0 aliphatic carbocycles. The van der Waals surface area contributed by atoms with Crippen LogP contribution in [0.5, 0.6) is 5.75 Å². The number of rotatable bonds is 8. The molecule has 264 valence electrons. The van der Waals surface area contributed by atoms with Gasteiger partial charge >= 0.3 is 0 Å². The number of amides is 3. The lowest BCUT2D eigenvalue weighted by Gasteiger charge is -2.33. The summed E-state index contributed by atoms with van der Waals surface area (Å²) in [5, 5.41) is 11.9. The average Bonchev–Trinajstić information content (AvgIpc) is 3.85. The van der Waals surface area contributed by atoms with E-state index >= 15 is 0 Å². The molecule has 4 aliphatic rings. The topological polar surface area (TPSA) is 120 Å². The van der Waals surface area contributed by atoms with Gasteiger partial charge in [-0.2, -0.15) is 0 Å². The first-order chi connectivity index (χ1) is 24.5. The Hall–Kier alpha value is -4.55. The summed E-state index contributed by atoms with van der Waals surface area (Å²) in [6.07, 6.45) is 0.905. The standard InChI is InChI=1S/C40H43N3O7Si/c1-24-37(51(3,4)48)34(21-35(45)41-19-7-10-28(41)23-44)50-40(24)31-20-29(49-2)17-18-32(31)42(39(40)47)22-25-13-15-27(16-14-25)43-33-12-6-9-26-8-5-11-30(36(26)33)38(43)46/h5-6,8-9,11-18,20,24,28,34,37,44,48H,7,10,19,21-23H2,1-4H3/t24-,28+,34+,37-,40+/m1/s1. The van der Waals surface area contributed by atoms with Crippen molar-refractivity contribution in [3.8, 4) is 5.75 Å². The SMILES string of the molecule is COc1ccc2c(c1)[C@]1(O[C@@H](CC(=O)N3CCC[C@H]3CO)[C@H]([Si](C)(C)O)[C@H]1C)C(=O)N2Cc1ccc(N2C(=O)c3cccc4cccc2c34)cc1. The van der Waals surface area contributed by atoms with E-state index in [9.17, 15) is 24.3 Å². The summed E-state index contributed by atoms with van der Waals surface area (Å²) >= 11 is 0. The van der Waals surface area contributed by atoms with Crippen LogP contribution >= 0.6 is 0 Å². The number of ether oxygens (including phenoxy) is 2. The van der Waals surface area contributed by atoms with Gasteiger partial charge in [0.25, 0.3) is 11.8 Å². The van der Waals surface area contributed by atoms with Crippen molar-refractivity contribution in [3.05, 3.63) is 95.6 Å². The Balaban J connectivity index is 1.11. The van der Waals surface area contributed by atoms with E-state index in [1.807, 2.05) is 98.9 Å². The smallest absolute Gasteiger partial charge is 0.264 e. The fourth-order valence-electron chi connectivity index (χ4n) is 9.29. The van der Waals surface area contributed by atoms with E-state index in [1.165, 1.54) is 0 Å². The fourth-order valence-corrected chi connectivity index (χ4v) is 11.8. The van der Waals surface area contributed by atoms with Gasteiger partial charge in [0.1, 0.15) is 5.75 Å². The number of hydrogen-bond donors (Lipinski definition) is 2. The van der Waals surface area contributed by atoms with E-state index in [4.69, 9.17) is 9.47 Å². The molecular weight excluding hydrogens is 663 g/mol. The predicted molar refractivity (Wildman–Crippen MR) is 197 cm³/mol. The van der Waals surface area contributed by atoms with Crippen LogP contribution in [0.25, 0.3) is 10.8 Å². The van der Waals surface area contributed by atoms with Crippen molar-refractivity contribution in [2.45, 2.75) is 69.1 Å².